The van der Waals surface area contributed by atoms with Gasteiger partial charge in [-0.25, -0.2) is 9.97 Å². The number of nitrogens with zero attached hydrogens (tertiary/aromatic N) is 3. The number of ether oxygens (including phenoxy) is 1. The van der Waals surface area contributed by atoms with E-state index in [2.05, 4.69) is 16.5 Å². The normalized spacial score (nSPS) is 16.4. The van der Waals surface area contributed by atoms with Crippen LogP contribution in [0.1, 0.15) is 18.4 Å². The minimum absolute atomic E-state index is 0.0139. The average molecular weight is 247 g/mol. The van der Waals surface area contributed by atoms with Crippen LogP contribution in [0.5, 0.6) is 6.01 Å². The molecule has 2 rings (SSSR count). The molecule has 1 aliphatic rings. The maximum absolute atomic E-state index is 11.4. The Morgan fingerprint density at radius 2 is 2.06 bits per heavy atom. The lowest BCUT2D eigenvalue weighted by molar-refractivity contribution is -0.127. The minimum atomic E-state index is -0.0139. The summed E-state index contributed by atoms with van der Waals surface area (Å²) in [5, 5.41) is 0. The summed E-state index contributed by atoms with van der Waals surface area (Å²) >= 11 is 0. The lowest BCUT2D eigenvalue weighted by atomic mass is 10.1. The van der Waals surface area contributed by atoms with E-state index in [-0.39, 0.29) is 12.0 Å². The van der Waals surface area contributed by atoms with Crippen LogP contribution in [0.3, 0.4) is 0 Å². The van der Waals surface area contributed by atoms with Crippen molar-refractivity contribution >= 4 is 5.91 Å². The van der Waals surface area contributed by atoms with Crippen molar-refractivity contribution in [2.75, 3.05) is 13.1 Å². The van der Waals surface area contributed by atoms with Crippen LogP contribution in [0.25, 0.3) is 0 Å². The zero-order valence-corrected chi connectivity index (χ0v) is 10.5. The van der Waals surface area contributed by atoms with Gasteiger partial charge in [-0.2, -0.15) is 0 Å². The van der Waals surface area contributed by atoms with Crippen molar-refractivity contribution in [3.8, 4) is 6.01 Å². The monoisotopic (exact) mass is 247 g/mol. The molecule has 5 heteroatoms. The number of likely N-dealkylation sites (tertiary alicyclic amines) is 1. The molecule has 5 nitrogen and oxygen atoms in total. The zero-order valence-electron chi connectivity index (χ0n) is 10.5. The molecule has 0 bridgehead atoms. The molecule has 1 fully saturated rings. The highest BCUT2D eigenvalue weighted by molar-refractivity contribution is 5.87. The second kappa shape index (κ2) is 5.62. The molecule has 1 aliphatic heterocycles. The molecule has 96 valence electrons. The summed E-state index contributed by atoms with van der Waals surface area (Å²) in [6.07, 6.45) is 6.51. The van der Waals surface area contributed by atoms with Gasteiger partial charge in [0.15, 0.2) is 0 Å². The zero-order chi connectivity index (χ0) is 13.0. The maximum Gasteiger partial charge on any atom is 0.316 e. The van der Waals surface area contributed by atoms with Crippen LogP contribution in [0.15, 0.2) is 25.0 Å². The van der Waals surface area contributed by atoms with Crippen LogP contribution < -0.4 is 4.74 Å². The van der Waals surface area contributed by atoms with E-state index in [9.17, 15) is 4.79 Å². The van der Waals surface area contributed by atoms with Gasteiger partial charge < -0.3 is 9.64 Å². The lowest BCUT2D eigenvalue weighted by Crippen LogP contribution is -2.41. The number of rotatable bonds is 3. The molecule has 0 aliphatic carbocycles. The third-order valence-electron chi connectivity index (χ3n) is 2.96. The summed E-state index contributed by atoms with van der Waals surface area (Å²) in [7, 11) is 0. The minimum Gasteiger partial charge on any atom is -0.460 e. The van der Waals surface area contributed by atoms with Crippen molar-refractivity contribution in [3.63, 3.8) is 0 Å². The van der Waals surface area contributed by atoms with Crippen LogP contribution in [0.2, 0.25) is 0 Å². The Morgan fingerprint density at radius 3 is 2.61 bits per heavy atom. The number of carbonyl (C=O) groups excluding carboxylic acids is 1. The van der Waals surface area contributed by atoms with E-state index < -0.39 is 0 Å². The second-order valence-electron chi connectivity index (χ2n) is 4.39. The van der Waals surface area contributed by atoms with Crippen LogP contribution in [0.4, 0.5) is 0 Å². The lowest BCUT2D eigenvalue weighted by Gasteiger charge is -2.30. The van der Waals surface area contributed by atoms with Crippen LogP contribution in [-0.2, 0) is 4.79 Å². The van der Waals surface area contributed by atoms with Gasteiger partial charge >= 0.3 is 6.01 Å². The molecule has 0 radical (unpaired) electrons. The van der Waals surface area contributed by atoms with Crippen LogP contribution >= 0.6 is 0 Å². The van der Waals surface area contributed by atoms with Gasteiger partial charge in [-0.15, -0.1) is 0 Å². The molecule has 2 heterocycles. The Kier molecular flexibility index (Phi) is 3.92. The Bertz CT molecular complexity index is 422. The third-order valence-corrected chi connectivity index (χ3v) is 2.96. The second-order valence-corrected chi connectivity index (χ2v) is 4.39. The molecule has 18 heavy (non-hydrogen) atoms. The third kappa shape index (κ3) is 3.06. The molecule has 0 unspecified atom stereocenters. The summed E-state index contributed by atoms with van der Waals surface area (Å²) in [5.74, 6) is -0.0139. The fourth-order valence-electron chi connectivity index (χ4n) is 1.91. The number of hydrogen-bond acceptors (Lipinski definition) is 4. The van der Waals surface area contributed by atoms with Crippen molar-refractivity contribution in [3.05, 3.63) is 30.6 Å². The molecule has 0 spiro atoms. The van der Waals surface area contributed by atoms with Crippen LogP contribution in [-0.4, -0.2) is 40.0 Å². The summed E-state index contributed by atoms with van der Waals surface area (Å²) in [6.45, 7) is 6.81. The smallest absolute Gasteiger partial charge is 0.316 e. The first-order valence-corrected chi connectivity index (χ1v) is 6.05. The SMILES string of the molecule is C=CC(=O)N1CCC(Oc2ncc(C)cn2)CC1. The van der Waals surface area contributed by atoms with E-state index >= 15 is 0 Å². The van der Waals surface area contributed by atoms with E-state index in [1.807, 2.05) is 6.92 Å². The molecule has 0 atom stereocenters. The van der Waals surface area contributed by atoms with Gasteiger partial charge in [0.25, 0.3) is 0 Å². The van der Waals surface area contributed by atoms with Crippen molar-refractivity contribution in [1.29, 1.82) is 0 Å². The molecule has 0 aromatic carbocycles. The molecular formula is C13H17N3O2. The van der Waals surface area contributed by atoms with Crippen molar-refractivity contribution in [2.24, 2.45) is 0 Å². The predicted molar refractivity (Wildman–Crippen MR) is 67.2 cm³/mol. The average Bonchev–Trinajstić information content (AvgIpc) is 2.41. The molecule has 0 N–H and O–H groups in total. The summed E-state index contributed by atoms with van der Waals surface area (Å²) in [5.41, 5.74) is 1.01. The fraction of sp³-hybridized carbons (Fsp3) is 0.462. The van der Waals surface area contributed by atoms with E-state index in [4.69, 9.17) is 4.74 Å². The quantitative estimate of drug-likeness (QED) is 0.756. The molecule has 1 amide bonds. The number of amides is 1. The molecule has 1 aromatic rings. The van der Waals surface area contributed by atoms with Gasteiger partial charge in [-0.3, -0.25) is 4.79 Å². The van der Waals surface area contributed by atoms with Crippen molar-refractivity contribution in [1.82, 2.24) is 14.9 Å². The predicted octanol–water partition coefficient (Wildman–Crippen LogP) is 1.34. The number of carbonyl (C=O) groups is 1. The summed E-state index contributed by atoms with van der Waals surface area (Å²) < 4.78 is 5.69. The maximum atomic E-state index is 11.4. The Hall–Kier alpha value is -1.91. The molecule has 1 aromatic heterocycles. The Labute approximate surface area is 106 Å². The first-order valence-electron chi connectivity index (χ1n) is 6.05. The number of aryl methyl sites for hydroxylation is 1. The largest absolute Gasteiger partial charge is 0.460 e. The fourth-order valence-corrected chi connectivity index (χ4v) is 1.91. The summed E-state index contributed by atoms with van der Waals surface area (Å²) in [4.78, 5) is 21.4. The Balaban J connectivity index is 1.85. The topological polar surface area (TPSA) is 55.3 Å². The van der Waals surface area contributed by atoms with Gasteiger partial charge in [0.1, 0.15) is 6.10 Å². The highest BCUT2D eigenvalue weighted by Gasteiger charge is 2.23. The van der Waals surface area contributed by atoms with Gasteiger partial charge in [0, 0.05) is 38.3 Å². The van der Waals surface area contributed by atoms with Crippen LogP contribution in [0, 0.1) is 6.92 Å². The van der Waals surface area contributed by atoms with Crippen molar-refractivity contribution < 1.29 is 9.53 Å². The van der Waals surface area contributed by atoms with Gasteiger partial charge in [0.2, 0.25) is 5.91 Å². The van der Waals surface area contributed by atoms with E-state index in [0.717, 1.165) is 18.4 Å². The van der Waals surface area contributed by atoms with E-state index in [1.165, 1.54) is 6.08 Å². The molecular weight excluding hydrogens is 230 g/mol. The van der Waals surface area contributed by atoms with Gasteiger partial charge in [0.05, 0.1) is 0 Å². The number of piperidine rings is 1. The number of aromatic nitrogens is 2. The van der Waals surface area contributed by atoms with Gasteiger partial charge in [-0.05, 0) is 18.6 Å². The highest BCUT2D eigenvalue weighted by atomic mass is 16.5. The highest BCUT2D eigenvalue weighted by Crippen LogP contribution is 2.15. The van der Waals surface area contributed by atoms with E-state index in [0.29, 0.717) is 19.1 Å². The Morgan fingerprint density at radius 1 is 1.44 bits per heavy atom. The molecule has 0 saturated carbocycles. The van der Waals surface area contributed by atoms with Gasteiger partial charge in [-0.1, -0.05) is 6.58 Å². The standard InChI is InChI=1S/C13H17N3O2/c1-3-12(17)16-6-4-11(5-7-16)18-13-14-8-10(2)9-15-13/h3,8-9,11H,1,4-7H2,2H3. The number of hydrogen-bond donors (Lipinski definition) is 0. The van der Waals surface area contributed by atoms with Crippen molar-refractivity contribution in [2.45, 2.75) is 25.9 Å². The van der Waals surface area contributed by atoms with E-state index in [1.54, 1.807) is 17.3 Å². The summed E-state index contributed by atoms with van der Waals surface area (Å²) in [6, 6.07) is 0.411. The first kappa shape index (κ1) is 12.5. The first-order chi connectivity index (χ1) is 8.69. The molecule has 1 saturated heterocycles.